The molecule has 1 rings (SSSR count). The molecule has 0 spiro atoms. The summed E-state index contributed by atoms with van der Waals surface area (Å²) in [5, 5.41) is 8.35. The van der Waals surface area contributed by atoms with Gasteiger partial charge in [0.2, 0.25) is 5.13 Å². The Labute approximate surface area is 69.4 Å². The molecule has 0 aliphatic heterocycles. The molecule has 0 aliphatic carbocycles. The summed E-state index contributed by atoms with van der Waals surface area (Å²) in [6, 6.07) is 0. The summed E-state index contributed by atoms with van der Waals surface area (Å²) in [7, 11) is 0. The smallest absolute Gasteiger partial charge is 0.295 e. The van der Waals surface area contributed by atoms with Crippen molar-refractivity contribution < 1.29 is 4.74 Å². The average molecular weight is 173 g/mol. The number of hydrogen-bond acceptors (Lipinski definition) is 5. The predicted molar refractivity (Wildman–Crippen MR) is 44.7 cm³/mol. The normalized spacial score (nSPS) is 9.91. The second kappa shape index (κ2) is 4.12. The van der Waals surface area contributed by atoms with Crippen molar-refractivity contribution in [1.82, 2.24) is 10.2 Å². The molecule has 0 aromatic carbocycles. The molecule has 11 heavy (non-hydrogen) atoms. The molecule has 62 valence electrons. The van der Waals surface area contributed by atoms with E-state index in [-0.39, 0.29) is 0 Å². The average Bonchev–Trinajstić information content (AvgIpc) is 2.37. The van der Waals surface area contributed by atoms with E-state index in [4.69, 9.17) is 10.5 Å². The highest BCUT2D eigenvalue weighted by Gasteiger charge is 1.99. The lowest BCUT2D eigenvalue weighted by atomic mass is 10.4. The Balaban J connectivity index is 2.27. The van der Waals surface area contributed by atoms with Gasteiger partial charge >= 0.3 is 0 Å². The quantitative estimate of drug-likeness (QED) is 0.697. The van der Waals surface area contributed by atoms with Gasteiger partial charge in [-0.25, -0.2) is 0 Å². The van der Waals surface area contributed by atoms with E-state index in [0.29, 0.717) is 16.9 Å². The molecule has 1 heterocycles. The third-order valence-electron chi connectivity index (χ3n) is 1.15. The van der Waals surface area contributed by atoms with Crippen molar-refractivity contribution in [2.45, 2.75) is 19.8 Å². The van der Waals surface area contributed by atoms with Crippen molar-refractivity contribution in [3.05, 3.63) is 0 Å². The van der Waals surface area contributed by atoms with E-state index in [0.717, 1.165) is 12.8 Å². The molecule has 0 amide bonds. The molecule has 0 saturated heterocycles. The monoisotopic (exact) mass is 173 g/mol. The zero-order valence-corrected chi connectivity index (χ0v) is 7.23. The zero-order chi connectivity index (χ0) is 8.10. The molecule has 0 unspecified atom stereocenters. The number of nitrogens with zero attached hydrogens (tertiary/aromatic N) is 2. The van der Waals surface area contributed by atoms with Crippen LogP contribution in [0.1, 0.15) is 19.8 Å². The highest BCUT2D eigenvalue weighted by atomic mass is 32.1. The fourth-order valence-electron chi connectivity index (χ4n) is 0.583. The fourth-order valence-corrected chi connectivity index (χ4v) is 1.07. The molecule has 0 saturated carbocycles. The van der Waals surface area contributed by atoms with Gasteiger partial charge in [-0.2, -0.15) is 0 Å². The van der Waals surface area contributed by atoms with E-state index < -0.39 is 0 Å². The molecule has 1 aromatic rings. The largest absolute Gasteiger partial charge is 0.469 e. The van der Waals surface area contributed by atoms with Crippen LogP contribution in [0.4, 0.5) is 5.13 Å². The first-order valence-corrected chi connectivity index (χ1v) is 4.36. The second-order valence-electron chi connectivity index (χ2n) is 2.11. The number of nitrogens with two attached hydrogens (primary N) is 1. The Morgan fingerprint density at radius 1 is 1.55 bits per heavy atom. The summed E-state index contributed by atoms with van der Waals surface area (Å²) in [6.07, 6.45) is 2.16. The SMILES string of the molecule is CCCCOc1nnc(N)s1. The van der Waals surface area contributed by atoms with Crippen LogP contribution in [-0.4, -0.2) is 16.8 Å². The van der Waals surface area contributed by atoms with Gasteiger partial charge in [0.05, 0.1) is 6.61 Å². The van der Waals surface area contributed by atoms with Crippen LogP contribution in [0.3, 0.4) is 0 Å². The van der Waals surface area contributed by atoms with E-state index >= 15 is 0 Å². The van der Waals surface area contributed by atoms with E-state index in [1.165, 1.54) is 11.3 Å². The summed E-state index contributed by atoms with van der Waals surface area (Å²) in [5.41, 5.74) is 5.35. The molecule has 0 aliphatic rings. The Bertz CT molecular complexity index is 213. The van der Waals surface area contributed by atoms with Crippen LogP contribution in [-0.2, 0) is 0 Å². The van der Waals surface area contributed by atoms with Gasteiger partial charge in [-0.3, -0.25) is 0 Å². The lowest BCUT2D eigenvalue weighted by Crippen LogP contribution is -1.95. The number of aromatic nitrogens is 2. The third kappa shape index (κ3) is 2.71. The van der Waals surface area contributed by atoms with Gasteiger partial charge < -0.3 is 10.5 Å². The number of ether oxygens (including phenoxy) is 1. The number of unbranched alkanes of at least 4 members (excludes halogenated alkanes) is 1. The number of anilines is 1. The number of rotatable bonds is 4. The molecule has 4 nitrogen and oxygen atoms in total. The highest BCUT2D eigenvalue weighted by molar-refractivity contribution is 7.16. The van der Waals surface area contributed by atoms with Crippen LogP contribution >= 0.6 is 11.3 Å². The van der Waals surface area contributed by atoms with Gasteiger partial charge in [0, 0.05) is 0 Å². The summed E-state index contributed by atoms with van der Waals surface area (Å²) >= 11 is 1.27. The van der Waals surface area contributed by atoms with Gasteiger partial charge in [-0.1, -0.05) is 18.4 Å². The lowest BCUT2D eigenvalue weighted by molar-refractivity contribution is 0.305. The van der Waals surface area contributed by atoms with Gasteiger partial charge in [-0.05, 0) is 17.8 Å². The van der Waals surface area contributed by atoms with Crippen molar-refractivity contribution in [3.8, 4) is 5.19 Å². The van der Waals surface area contributed by atoms with E-state index in [2.05, 4.69) is 17.1 Å². The maximum atomic E-state index is 5.35. The minimum atomic E-state index is 0.455. The van der Waals surface area contributed by atoms with Crippen molar-refractivity contribution in [2.24, 2.45) is 0 Å². The Hall–Kier alpha value is -0.840. The Morgan fingerprint density at radius 3 is 2.91 bits per heavy atom. The van der Waals surface area contributed by atoms with Crippen molar-refractivity contribution in [3.63, 3.8) is 0 Å². The highest BCUT2D eigenvalue weighted by Crippen LogP contribution is 2.18. The van der Waals surface area contributed by atoms with Crippen molar-refractivity contribution >= 4 is 16.5 Å². The predicted octanol–water partition coefficient (Wildman–Crippen LogP) is 1.30. The number of hydrogen-bond donors (Lipinski definition) is 1. The van der Waals surface area contributed by atoms with Crippen LogP contribution in [0.5, 0.6) is 5.19 Å². The van der Waals surface area contributed by atoms with Gasteiger partial charge in [0.15, 0.2) is 0 Å². The Kier molecular flexibility index (Phi) is 3.10. The first kappa shape index (κ1) is 8.26. The minimum absolute atomic E-state index is 0.455. The third-order valence-corrected chi connectivity index (χ3v) is 1.81. The Morgan fingerprint density at radius 2 is 2.36 bits per heavy atom. The zero-order valence-electron chi connectivity index (χ0n) is 6.41. The summed E-state index contributed by atoms with van der Waals surface area (Å²) < 4.78 is 5.23. The molecule has 0 atom stereocenters. The first-order valence-electron chi connectivity index (χ1n) is 3.54. The molecular formula is C6H11N3OS. The van der Waals surface area contributed by atoms with E-state index in [1.807, 2.05) is 0 Å². The topological polar surface area (TPSA) is 61.0 Å². The molecule has 2 N–H and O–H groups in total. The summed E-state index contributed by atoms with van der Waals surface area (Å²) in [5.74, 6) is 0. The van der Waals surface area contributed by atoms with Gasteiger partial charge in [0.25, 0.3) is 5.19 Å². The molecule has 0 radical (unpaired) electrons. The molecule has 0 fully saturated rings. The minimum Gasteiger partial charge on any atom is -0.469 e. The summed E-state index contributed by atoms with van der Waals surface area (Å²) in [6.45, 7) is 2.81. The second-order valence-corrected chi connectivity index (χ2v) is 3.08. The summed E-state index contributed by atoms with van der Waals surface area (Å²) in [4.78, 5) is 0. The van der Waals surface area contributed by atoms with Crippen LogP contribution in [0, 0.1) is 0 Å². The fraction of sp³-hybridized carbons (Fsp3) is 0.667. The van der Waals surface area contributed by atoms with E-state index in [9.17, 15) is 0 Å². The van der Waals surface area contributed by atoms with Crippen LogP contribution in [0.25, 0.3) is 0 Å². The standard InChI is InChI=1S/C6H11N3OS/c1-2-3-4-10-6-9-8-5(7)11-6/h2-4H2,1H3,(H2,7,8). The van der Waals surface area contributed by atoms with Crippen molar-refractivity contribution in [1.29, 1.82) is 0 Å². The number of nitrogen functional groups attached to an aromatic ring is 1. The van der Waals surface area contributed by atoms with Crippen molar-refractivity contribution in [2.75, 3.05) is 12.3 Å². The molecule has 0 bridgehead atoms. The maximum absolute atomic E-state index is 5.35. The van der Waals surface area contributed by atoms with E-state index in [1.54, 1.807) is 0 Å². The van der Waals surface area contributed by atoms with Gasteiger partial charge in [-0.15, -0.1) is 5.10 Å². The van der Waals surface area contributed by atoms with Crippen LogP contribution < -0.4 is 10.5 Å². The van der Waals surface area contributed by atoms with Crippen LogP contribution in [0.2, 0.25) is 0 Å². The molecular weight excluding hydrogens is 162 g/mol. The van der Waals surface area contributed by atoms with Crippen LogP contribution in [0.15, 0.2) is 0 Å². The van der Waals surface area contributed by atoms with Gasteiger partial charge in [0.1, 0.15) is 0 Å². The lowest BCUT2D eigenvalue weighted by Gasteiger charge is -1.97. The molecule has 5 heteroatoms. The maximum Gasteiger partial charge on any atom is 0.295 e. The molecule has 1 aromatic heterocycles. The first-order chi connectivity index (χ1) is 5.33.